The van der Waals surface area contributed by atoms with Crippen LogP contribution in [0.15, 0.2) is 60.9 Å². The molecule has 0 radical (unpaired) electrons. The summed E-state index contributed by atoms with van der Waals surface area (Å²) in [5.74, 6) is 0.599. The summed E-state index contributed by atoms with van der Waals surface area (Å²) in [4.78, 5) is 21.6. The van der Waals surface area contributed by atoms with Crippen molar-refractivity contribution >= 4 is 23.2 Å². The topological polar surface area (TPSA) is 82.6 Å². The molecule has 1 aromatic heterocycles. The number of nitrogens with zero attached hydrogens (tertiary/aromatic N) is 2. The van der Waals surface area contributed by atoms with Gasteiger partial charge in [-0.15, -0.1) is 0 Å². The molecule has 0 saturated heterocycles. The van der Waals surface area contributed by atoms with Crippen LogP contribution in [-0.4, -0.2) is 30.2 Å². The molecule has 0 bridgehead atoms. The molecule has 0 aliphatic heterocycles. The summed E-state index contributed by atoms with van der Waals surface area (Å²) in [5.41, 5.74) is 4.80. The minimum absolute atomic E-state index is 0.239. The number of para-hydroxylation sites is 1. The van der Waals surface area contributed by atoms with E-state index in [-0.39, 0.29) is 6.61 Å². The predicted octanol–water partition coefficient (Wildman–Crippen LogP) is 4.45. The highest BCUT2D eigenvalue weighted by molar-refractivity contribution is 6.16. The van der Waals surface area contributed by atoms with Gasteiger partial charge in [-0.05, 0) is 42.5 Å². The Bertz CT molecular complexity index is 1130. The average molecular weight is 431 g/mol. The van der Waals surface area contributed by atoms with Crippen LogP contribution in [0.5, 0.6) is 5.88 Å². The first-order valence-corrected chi connectivity index (χ1v) is 10.4. The lowest BCUT2D eigenvalue weighted by Gasteiger charge is -2.15. The quantitative estimate of drug-likeness (QED) is 0.321. The maximum Gasteiger partial charge on any atom is 0.341 e. The maximum atomic E-state index is 12.3. The first-order chi connectivity index (χ1) is 15.7. The zero-order valence-electron chi connectivity index (χ0n) is 18.1. The third-order valence-electron chi connectivity index (χ3n) is 5.24. The number of carbonyl (C=O) groups excluding carboxylic acids is 1. The van der Waals surface area contributed by atoms with E-state index in [1.54, 1.807) is 0 Å². The second-order valence-corrected chi connectivity index (χ2v) is 7.33. The first kappa shape index (κ1) is 21.4. The Labute approximate surface area is 187 Å². The van der Waals surface area contributed by atoms with Gasteiger partial charge >= 0.3 is 5.97 Å². The number of hydrogen-bond donors (Lipinski definition) is 1. The Hall–Kier alpha value is -3.87. The van der Waals surface area contributed by atoms with E-state index in [0.717, 1.165) is 41.8 Å². The van der Waals surface area contributed by atoms with E-state index in [2.05, 4.69) is 15.3 Å². The zero-order valence-corrected chi connectivity index (χ0v) is 18.1. The molecule has 0 spiro atoms. The van der Waals surface area contributed by atoms with Gasteiger partial charge in [0.05, 0.1) is 26.2 Å². The zero-order chi connectivity index (χ0) is 22.3. The second-order valence-electron chi connectivity index (χ2n) is 7.33. The monoisotopic (exact) mass is 431 g/mol. The third-order valence-corrected chi connectivity index (χ3v) is 5.24. The number of rotatable bonds is 8. The molecule has 3 aromatic rings. The van der Waals surface area contributed by atoms with Gasteiger partial charge in [0.25, 0.3) is 0 Å². The molecule has 1 N–H and O–H groups in total. The van der Waals surface area contributed by atoms with Gasteiger partial charge in [-0.25, -0.2) is 9.78 Å². The van der Waals surface area contributed by atoms with Crippen LogP contribution < -0.4 is 10.1 Å². The van der Waals surface area contributed by atoms with E-state index >= 15 is 0 Å². The van der Waals surface area contributed by atoms with Gasteiger partial charge in [0.15, 0.2) is 0 Å². The minimum Gasteiger partial charge on any atom is -0.503 e. The summed E-state index contributed by atoms with van der Waals surface area (Å²) < 4.78 is 16.2. The second kappa shape index (κ2) is 9.96. The average Bonchev–Trinajstić information content (AvgIpc) is 3.30. The number of hydrogen-bond acceptors (Lipinski definition) is 7. The Morgan fingerprint density at radius 1 is 1.03 bits per heavy atom. The molecule has 1 aliphatic carbocycles. The van der Waals surface area contributed by atoms with E-state index in [1.807, 2.05) is 54.6 Å². The summed E-state index contributed by atoms with van der Waals surface area (Å²) in [5, 5.41) is 3.25. The molecule has 4 rings (SSSR count). The summed E-state index contributed by atoms with van der Waals surface area (Å²) in [7, 11) is 2.84. The van der Waals surface area contributed by atoms with Crippen molar-refractivity contribution in [3.8, 4) is 5.88 Å². The molecule has 1 aliphatic rings. The molecule has 0 amide bonds. The highest BCUT2D eigenvalue weighted by atomic mass is 16.5. The first-order valence-electron chi connectivity index (χ1n) is 10.4. The Kier molecular flexibility index (Phi) is 6.65. The van der Waals surface area contributed by atoms with Gasteiger partial charge in [-0.2, -0.15) is 4.98 Å². The Morgan fingerprint density at radius 3 is 2.59 bits per heavy atom. The van der Waals surface area contributed by atoms with Crippen LogP contribution >= 0.6 is 0 Å². The summed E-state index contributed by atoms with van der Waals surface area (Å²) >= 11 is 0. The fourth-order valence-corrected chi connectivity index (χ4v) is 3.73. The van der Waals surface area contributed by atoms with Crippen LogP contribution in [0.25, 0.3) is 5.57 Å². The van der Waals surface area contributed by atoms with Crippen molar-refractivity contribution in [1.82, 2.24) is 9.97 Å². The number of fused-ring (bicyclic) bond motifs is 1. The number of anilines is 2. The van der Waals surface area contributed by atoms with Gasteiger partial charge in [-0.1, -0.05) is 42.5 Å². The number of nitrogens with one attached hydrogen (secondary N) is 1. The van der Waals surface area contributed by atoms with Crippen molar-refractivity contribution in [3.05, 3.63) is 83.2 Å². The molecule has 32 heavy (non-hydrogen) atoms. The normalized spacial score (nSPS) is 12.8. The SMILES string of the molecule is CO/C=C(/C(=O)OC)c1ccccc1COc1nc(Nc2ccccc2)nc2c1CCC2. The lowest BCUT2D eigenvalue weighted by atomic mass is 10.0. The molecule has 0 atom stereocenters. The molecule has 7 nitrogen and oxygen atoms in total. The van der Waals surface area contributed by atoms with Crippen LogP contribution in [0.1, 0.15) is 28.8 Å². The molecular weight excluding hydrogens is 406 g/mol. The van der Waals surface area contributed by atoms with E-state index in [0.29, 0.717) is 23.0 Å². The predicted molar refractivity (Wildman–Crippen MR) is 122 cm³/mol. The molecule has 0 unspecified atom stereocenters. The van der Waals surface area contributed by atoms with Crippen molar-refractivity contribution in [2.24, 2.45) is 0 Å². The molecular formula is C25H25N3O4. The van der Waals surface area contributed by atoms with Gasteiger partial charge < -0.3 is 19.5 Å². The van der Waals surface area contributed by atoms with Gasteiger partial charge in [0.2, 0.25) is 11.8 Å². The minimum atomic E-state index is -0.475. The van der Waals surface area contributed by atoms with Crippen LogP contribution in [0.2, 0.25) is 0 Å². The third kappa shape index (κ3) is 4.72. The van der Waals surface area contributed by atoms with E-state index in [1.165, 1.54) is 20.5 Å². The molecule has 7 heteroatoms. The van der Waals surface area contributed by atoms with Crippen LogP contribution in [0.4, 0.5) is 11.6 Å². The molecule has 0 saturated carbocycles. The van der Waals surface area contributed by atoms with Gasteiger partial charge in [0.1, 0.15) is 12.2 Å². The Morgan fingerprint density at radius 2 is 1.81 bits per heavy atom. The number of ether oxygens (including phenoxy) is 3. The molecule has 164 valence electrons. The summed E-state index contributed by atoms with van der Waals surface area (Å²) in [6.45, 7) is 0.239. The van der Waals surface area contributed by atoms with Crippen LogP contribution in [-0.2, 0) is 33.7 Å². The Balaban J connectivity index is 1.61. The lowest BCUT2D eigenvalue weighted by molar-refractivity contribution is -0.133. The van der Waals surface area contributed by atoms with E-state index in [4.69, 9.17) is 14.2 Å². The standard InChI is InChI=1S/C25H25N3O4/c1-30-16-21(24(29)31-2)19-12-7-6-9-17(19)15-32-23-20-13-8-14-22(20)27-25(28-23)26-18-10-4-3-5-11-18/h3-7,9-12,16H,8,13-15H2,1-2H3,(H,26,27,28)/b21-16+. The number of aromatic nitrogens is 2. The van der Waals surface area contributed by atoms with E-state index in [9.17, 15) is 4.79 Å². The van der Waals surface area contributed by atoms with Crippen LogP contribution in [0.3, 0.4) is 0 Å². The van der Waals surface area contributed by atoms with E-state index < -0.39 is 5.97 Å². The van der Waals surface area contributed by atoms with Crippen molar-refractivity contribution in [2.45, 2.75) is 25.9 Å². The number of methoxy groups -OCH3 is 2. The fraction of sp³-hybridized carbons (Fsp3) is 0.240. The molecule has 2 aromatic carbocycles. The number of carbonyl (C=O) groups is 1. The van der Waals surface area contributed by atoms with Gasteiger partial charge in [0, 0.05) is 11.3 Å². The number of aryl methyl sites for hydroxylation is 1. The number of benzene rings is 2. The largest absolute Gasteiger partial charge is 0.503 e. The highest BCUT2D eigenvalue weighted by Gasteiger charge is 2.22. The van der Waals surface area contributed by atoms with Crippen molar-refractivity contribution in [2.75, 3.05) is 19.5 Å². The molecule has 0 fully saturated rings. The summed E-state index contributed by atoms with van der Waals surface area (Å²) in [6.07, 6.45) is 4.19. The summed E-state index contributed by atoms with van der Waals surface area (Å²) in [6, 6.07) is 17.3. The highest BCUT2D eigenvalue weighted by Crippen LogP contribution is 2.31. The maximum absolute atomic E-state index is 12.3. The van der Waals surface area contributed by atoms with Crippen molar-refractivity contribution in [3.63, 3.8) is 0 Å². The van der Waals surface area contributed by atoms with Crippen molar-refractivity contribution in [1.29, 1.82) is 0 Å². The smallest absolute Gasteiger partial charge is 0.341 e. The molecule has 1 heterocycles. The number of esters is 1. The van der Waals surface area contributed by atoms with Crippen LogP contribution in [0, 0.1) is 0 Å². The van der Waals surface area contributed by atoms with Gasteiger partial charge in [-0.3, -0.25) is 0 Å². The van der Waals surface area contributed by atoms with Crippen molar-refractivity contribution < 1.29 is 19.0 Å². The lowest BCUT2D eigenvalue weighted by Crippen LogP contribution is -2.10. The fourth-order valence-electron chi connectivity index (χ4n) is 3.73.